The summed E-state index contributed by atoms with van der Waals surface area (Å²) in [7, 11) is 1.95. The van der Waals surface area contributed by atoms with E-state index >= 15 is 0 Å². The van der Waals surface area contributed by atoms with E-state index in [0.29, 0.717) is 23.4 Å². The molecule has 1 atom stereocenters. The van der Waals surface area contributed by atoms with Crippen LogP contribution in [-0.2, 0) is 6.54 Å². The SMILES string of the molecule is C[C@H](c1nc2ccccc2n1C(F)F)N(C)Cc1cccc2ccccc12. The van der Waals surface area contributed by atoms with Gasteiger partial charge in [-0.25, -0.2) is 4.98 Å². The van der Waals surface area contributed by atoms with Crippen LogP contribution >= 0.6 is 0 Å². The van der Waals surface area contributed by atoms with Crippen molar-refractivity contribution in [3.8, 4) is 0 Å². The van der Waals surface area contributed by atoms with Gasteiger partial charge < -0.3 is 0 Å². The predicted octanol–water partition coefficient (Wildman–Crippen LogP) is 5.78. The van der Waals surface area contributed by atoms with Gasteiger partial charge in [0.1, 0.15) is 5.82 Å². The lowest BCUT2D eigenvalue weighted by Gasteiger charge is -2.25. The molecular formula is C22H21F2N3. The first-order valence-corrected chi connectivity index (χ1v) is 8.98. The van der Waals surface area contributed by atoms with Crippen LogP contribution in [0.2, 0.25) is 0 Å². The Hall–Kier alpha value is -2.79. The molecule has 0 aliphatic carbocycles. The first-order chi connectivity index (χ1) is 13.1. The fourth-order valence-electron chi connectivity index (χ4n) is 3.60. The van der Waals surface area contributed by atoms with Gasteiger partial charge in [0.05, 0.1) is 17.1 Å². The van der Waals surface area contributed by atoms with Crippen molar-refractivity contribution in [2.75, 3.05) is 7.05 Å². The fourth-order valence-corrected chi connectivity index (χ4v) is 3.60. The molecule has 3 nitrogen and oxygen atoms in total. The minimum absolute atomic E-state index is 0.259. The van der Waals surface area contributed by atoms with Gasteiger partial charge in [-0.2, -0.15) is 8.78 Å². The number of hydrogen-bond donors (Lipinski definition) is 0. The number of imidazole rings is 1. The number of nitrogens with zero attached hydrogens (tertiary/aromatic N) is 3. The molecule has 0 radical (unpaired) electrons. The maximum absolute atomic E-state index is 13.8. The zero-order chi connectivity index (χ0) is 19.0. The second-order valence-electron chi connectivity index (χ2n) is 6.84. The molecule has 0 fully saturated rings. The first-order valence-electron chi connectivity index (χ1n) is 8.98. The normalized spacial score (nSPS) is 13.1. The molecule has 0 unspecified atom stereocenters. The molecule has 1 aromatic heterocycles. The summed E-state index contributed by atoms with van der Waals surface area (Å²) >= 11 is 0. The van der Waals surface area contributed by atoms with Crippen LogP contribution in [0.15, 0.2) is 66.7 Å². The zero-order valence-corrected chi connectivity index (χ0v) is 15.3. The van der Waals surface area contributed by atoms with Crippen molar-refractivity contribution in [1.29, 1.82) is 0 Å². The van der Waals surface area contributed by atoms with Crippen LogP contribution in [0.5, 0.6) is 0 Å². The van der Waals surface area contributed by atoms with Gasteiger partial charge in [0.2, 0.25) is 0 Å². The summed E-state index contributed by atoms with van der Waals surface area (Å²) in [6.07, 6.45) is 0. The van der Waals surface area contributed by atoms with Gasteiger partial charge in [-0.3, -0.25) is 9.47 Å². The summed E-state index contributed by atoms with van der Waals surface area (Å²) in [5, 5.41) is 2.36. The standard InChI is InChI=1S/C22H21F2N3/c1-15(21-25-19-12-5-6-13-20(19)27(21)22(23)24)26(2)14-17-10-7-9-16-8-3-4-11-18(16)17/h3-13,15,22H,14H2,1-2H3/t15-/m1/s1. The molecule has 4 rings (SSSR count). The molecule has 0 aliphatic heterocycles. The van der Waals surface area contributed by atoms with Crippen molar-refractivity contribution >= 4 is 21.8 Å². The highest BCUT2D eigenvalue weighted by Gasteiger charge is 2.24. The van der Waals surface area contributed by atoms with Crippen LogP contribution in [0, 0.1) is 0 Å². The number of alkyl halides is 2. The average molecular weight is 365 g/mol. The van der Waals surface area contributed by atoms with Crippen LogP contribution in [-0.4, -0.2) is 21.5 Å². The van der Waals surface area contributed by atoms with Gasteiger partial charge in [-0.05, 0) is 42.4 Å². The van der Waals surface area contributed by atoms with Crippen molar-refractivity contribution in [3.63, 3.8) is 0 Å². The van der Waals surface area contributed by atoms with Crippen LogP contribution in [0.4, 0.5) is 8.78 Å². The predicted molar refractivity (Wildman–Crippen MR) is 105 cm³/mol. The molecule has 0 saturated heterocycles. The van der Waals surface area contributed by atoms with Gasteiger partial charge in [0.15, 0.2) is 0 Å². The molecule has 0 aliphatic rings. The molecule has 0 bridgehead atoms. The number of fused-ring (bicyclic) bond motifs is 2. The van der Waals surface area contributed by atoms with Crippen LogP contribution in [0.3, 0.4) is 0 Å². The number of halogens is 2. The Bertz CT molecular complexity index is 1080. The van der Waals surface area contributed by atoms with Gasteiger partial charge in [0.25, 0.3) is 0 Å². The van der Waals surface area contributed by atoms with E-state index in [1.54, 1.807) is 18.2 Å². The molecule has 3 aromatic carbocycles. The van der Waals surface area contributed by atoms with Crippen LogP contribution in [0.1, 0.15) is 30.9 Å². The highest BCUT2D eigenvalue weighted by molar-refractivity contribution is 5.85. The second kappa shape index (κ2) is 7.08. The number of hydrogen-bond acceptors (Lipinski definition) is 2. The van der Waals surface area contributed by atoms with E-state index in [2.05, 4.69) is 34.1 Å². The highest BCUT2D eigenvalue weighted by atomic mass is 19.3. The summed E-state index contributed by atoms with van der Waals surface area (Å²) in [6, 6.07) is 21.2. The number of aromatic nitrogens is 2. The molecule has 0 spiro atoms. The lowest BCUT2D eigenvalue weighted by atomic mass is 10.0. The third-order valence-corrected chi connectivity index (χ3v) is 5.15. The van der Waals surface area contributed by atoms with E-state index in [0.717, 1.165) is 4.57 Å². The Morgan fingerprint density at radius 2 is 1.67 bits per heavy atom. The van der Waals surface area contributed by atoms with E-state index in [1.807, 2.05) is 38.2 Å². The zero-order valence-electron chi connectivity index (χ0n) is 15.3. The van der Waals surface area contributed by atoms with Crippen molar-refractivity contribution < 1.29 is 8.78 Å². The van der Waals surface area contributed by atoms with E-state index < -0.39 is 6.55 Å². The molecule has 0 saturated carbocycles. The smallest absolute Gasteiger partial charge is 0.292 e. The Labute approximate surface area is 156 Å². The minimum Gasteiger partial charge on any atom is -0.292 e. The summed E-state index contributed by atoms with van der Waals surface area (Å²) < 4.78 is 28.5. The summed E-state index contributed by atoms with van der Waals surface area (Å²) in [5.74, 6) is 0.383. The Balaban J connectivity index is 1.69. The number of benzene rings is 3. The van der Waals surface area contributed by atoms with Gasteiger partial charge >= 0.3 is 6.55 Å². The summed E-state index contributed by atoms with van der Waals surface area (Å²) in [4.78, 5) is 6.56. The molecule has 5 heteroatoms. The molecule has 4 aromatic rings. The Kier molecular flexibility index (Phi) is 4.62. The topological polar surface area (TPSA) is 21.1 Å². The largest absolute Gasteiger partial charge is 0.320 e. The summed E-state index contributed by atoms with van der Waals surface area (Å²) in [6.45, 7) is -0.0546. The van der Waals surface area contributed by atoms with Crippen LogP contribution < -0.4 is 0 Å². The number of rotatable bonds is 5. The minimum atomic E-state index is -2.62. The lowest BCUT2D eigenvalue weighted by molar-refractivity contribution is 0.0657. The van der Waals surface area contributed by atoms with Crippen molar-refractivity contribution in [2.45, 2.75) is 26.1 Å². The number of para-hydroxylation sites is 2. The van der Waals surface area contributed by atoms with E-state index in [1.165, 1.54) is 16.3 Å². The van der Waals surface area contributed by atoms with E-state index in [4.69, 9.17) is 0 Å². The molecule has 27 heavy (non-hydrogen) atoms. The second-order valence-corrected chi connectivity index (χ2v) is 6.84. The van der Waals surface area contributed by atoms with E-state index in [-0.39, 0.29) is 6.04 Å². The van der Waals surface area contributed by atoms with Gasteiger partial charge in [-0.15, -0.1) is 0 Å². The van der Waals surface area contributed by atoms with Crippen molar-refractivity contribution in [3.05, 3.63) is 78.1 Å². The fraction of sp³-hybridized carbons (Fsp3) is 0.227. The highest BCUT2D eigenvalue weighted by Crippen LogP contribution is 2.30. The van der Waals surface area contributed by atoms with Gasteiger partial charge in [0, 0.05) is 6.54 Å². The van der Waals surface area contributed by atoms with Crippen molar-refractivity contribution in [1.82, 2.24) is 14.5 Å². The Morgan fingerprint density at radius 1 is 0.963 bits per heavy atom. The van der Waals surface area contributed by atoms with Crippen molar-refractivity contribution in [2.24, 2.45) is 0 Å². The first kappa shape index (κ1) is 17.6. The maximum atomic E-state index is 13.8. The molecule has 0 amide bonds. The molecule has 138 valence electrons. The summed E-state index contributed by atoms with van der Waals surface area (Å²) in [5.41, 5.74) is 2.23. The molecule has 1 heterocycles. The monoisotopic (exact) mass is 365 g/mol. The molecular weight excluding hydrogens is 344 g/mol. The lowest BCUT2D eigenvalue weighted by Crippen LogP contribution is -2.25. The maximum Gasteiger partial charge on any atom is 0.320 e. The Morgan fingerprint density at radius 3 is 2.48 bits per heavy atom. The average Bonchev–Trinajstić information content (AvgIpc) is 3.07. The third kappa shape index (κ3) is 3.19. The van der Waals surface area contributed by atoms with E-state index in [9.17, 15) is 8.78 Å². The van der Waals surface area contributed by atoms with Crippen LogP contribution in [0.25, 0.3) is 21.8 Å². The quantitative estimate of drug-likeness (QED) is 0.447. The van der Waals surface area contributed by atoms with Gasteiger partial charge in [-0.1, -0.05) is 54.6 Å². The molecule has 0 N–H and O–H groups in total. The third-order valence-electron chi connectivity index (χ3n) is 5.15.